The minimum atomic E-state index is 0.00600. The van der Waals surface area contributed by atoms with Crippen molar-refractivity contribution in [2.45, 2.75) is 46.0 Å². The Morgan fingerprint density at radius 2 is 2.00 bits per heavy atom. The highest BCUT2D eigenvalue weighted by atomic mass is 35.5. The van der Waals surface area contributed by atoms with Crippen molar-refractivity contribution in [1.82, 2.24) is 4.90 Å². The fourth-order valence-corrected chi connectivity index (χ4v) is 3.38. The van der Waals surface area contributed by atoms with Gasteiger partial charge in [0.25, 0.3) is 0 Å². The van der Waals surface area contributed by atoms with Crippen molar-refractivity contribution in [3.63, 3.8) is 0 Å². The van der Waals surface area contributed by atoms with Gasteiger partial charge in [0.1, 0.15) is 12.4 Å². The van der Waals surface area contributed by atoms with Gasteiger partial charge in [-0.15, -0.1) is 0 Å². The second kappa shape index (κ2) is 9.07. The van der Waals surface area contributed by atoms with Gasteiger partial charge in [-0.3, -0.25) is 0 Å². The Hall–Kier alpha value is -0.770. The zero-order valence-electron chi connectivity index (χ0n) is 15.6. The van der Waals surface area contributed by atoms with Gasteiger partial charge in [0, 0.05) is 23.7 Å². The summed E-state index contributed by atoms with van der Waals surface area (Å²) in [5.41, 5.74) is 1.14. The third kappa shape index (κ3) is 6.27. The van der Waals surface area contributed by atoms with E-state index in [2.05, 4.69) is 32.6 Å². The Balaban J connectivity index is 1.69. The molecule has 0 aliphatic carbocycles. The third-order valence-electron chi connectivity index (χ3n) is 4.53. The van der Waals surface area contributed by atoms with Gasteiger partial charge in [-0.25, -0.2) is 0 Å². The molecule has 3 nitrogen and oxygen atoms in total. The Labute approximate surface area is 152 Å². The normalized spacial score (nSPS) is 19.5. The second-order valence-electron chi connectivity index (χ2n) is 7.90. The van der Waals surface area contributed by atoms with Crippen molar-refractivity contribution < 1.29 is 9.47 Å². The van der Waals surface area contributed by atoms with Crippen LogP contribution in [0.15, 0.2) is 18.2 Å². The van der Waals surface area contributed by atoms with E-state index < -0.39 is 0 Å². The molecule has 0 bridgehead atoms. The summed E-state index contributed by atoms with van der Waals surface area (Å²) in [6.07, 6.45) is 2.68. The summed E-state index contributed by atoms with van der Waals surface area (Å²) >= 11 is 6.12. The van der Waals surface area contributed by atoms with Crippen molar-refractivity contribution in [1.29, 1.82) is 0 Å². The molecule has 1 saturated heterocycles. The number of hydrogen-bond acceptors (Lipinski definition) is 3. The van der Waals surface area contributed by atoms with E-state index in [4.69, 9.17) is 21.1 Å². The van der Waals surface area contributed by atoms with E-state index in [9.17, 15) is 0 Å². The molecule has 136 valence electrons. The van der Waals surface area contributed by atoms with Crippen LogP contribution in [0.4, 0.5) is 0 Å². The maximum Gasteiger partial charge on any atom is 0.123 e. The summed E-state index contributed by atoms with van der Waals surface area (Å²) in [4.78, 5) is 2.51. The van der Waals surface area contributed by atoms with Crippen molar-refractivity contribution in [3.05, 3.63) is 28.8 Å². The van der Waals surface area contributed by atoms with Crippen LogP contribution >= 0.6 is 11.6 Å². The molecule has 24 heavy (non-hydrogen) atoms. The monoisotopic (exact) mass is 353 g/mol. The van der Waals surface area contributed by atoms with E-state index in [1.165, 1.54) is 25.9 Å². The molecule has 4 heteroatoms. The number of hydrogen-bond donors (Lipinski definition) is 0. The van der Waals surface area contributed by atoms with Crippen molar-refractivity contribution in [2.24, 2.45) is 5.92 Å². The van der Waals surface area contributed by atoms with Gasteiger partial charge in [0.15, 0.2) is 0 Å². The van der Waals surface area contributed by atoms with Crippen LogP contribution < -0.4 is 4.74 Å². The first-order chi connectivity index (χ1) is 11.4. The number of nitrogens with zero attached hydrogens (tertiary/aromatic N) is 1. The minimum Gasteiger partial charge on any atom is -0.491 e. The van der Waals surface area contributed by atoms with E-state index in [0.717, 1.165) is 35.4 Å². The standard InChI is InChI=1S/C20H32ClNO2/c1-16-6-5-9-22(15-16)10-11-23-12-13-24-19-8-7-17(21)14-18(19)20(2,3)4/h7-8,14,16H,5-6,9-13,15H2,1-4H3/t16-/m1/s1. The molecule has 1 heterocycles. The summed E-state index contributed by atoms with van der Waals surface area (Å²) in [6.45, 7) is 14.3. The molecule has 1 fully saturated rings. The fraction of sp³-hybridized carbons (Fsp3) is 0.700. The average molecular weight is 354 g/mol. The van der Waals surface area contributed by atoms with Crippen LogP contribution in [-0.4, -0.2) is 44.4 Å². The van der Waals surface area contributed by atoms with Gasteiger partial charge in [0.05, 0.1) is 13.2 Å². The SMILES string of the molecule is C[C@@H]1CCCN(CCOCCOc2ccc(Cl)cc2C(C)(C)C)C1. The average Bonchev–Trinajstić information content (AvgIpc) is 2.51. The lowest BCUT2D eigenvalue weighted by Crippen LogP contribution is -2.36. The van der Waals surface area contributed by atoms with Crippen LogP contribution in [0.25, 0.3) is 0 Å². The number of rotatable bonds is 7. The number of halogens is 1. The molecular formula is C20H32ClNO2. The molecule has 1 aromatic rings. The lowest BCUT2D eigenvalue weighted by Gasteiger charge is -2.30. The first kappa shape index (κ1) is 19.6. The molecule has 0 unspecified atom stereocenters. The third-order valence-corrected chi connectivity index (χ3v) is 4.76. The Bertz CT molecular complexity index is 513. The van der Waals surface area contributed by atoms with Gasteiger partial charge in [-0.2, -0.15) is 0 Å². The van der Waals surface area contributed by atoms with Crippen LogP contribution in [0.5, 0.6) is 5.75 Å². The quantitative estimate of drug-likeness (QED) is 0.659. The molecule has 2 rings (SSSR count). The summed E-state index contributed by atoms with van der Waals surface area (Å²) in [6, 6.07) is 5.83. The van der Waals surface area contributed by atoms with Gasteiger partial charge in [0.2, 0.25) is 0 Å². The summed E-state index contributed by atoms with van der Waals surface area (Å²) in [5.74, 6) is 1.73. The number of ether oxygens (including phenoxy) is 2. The minimum absolute atomic E-state index is 0.00600. The van der Waals surface area contributed by atoms with Gasteiger partial charge in [-0.1, -0.05) is 39.3 Å². The maximum absolute atomic E-state index is 6.12. The zero-order valence-corrected chi connectivity index (χ0v) is 16.4. The zero-order chi connectivity index (χ0) is 17.6. The molecular weight excluding hydrogens is 322 g/mol. The molecule has 0 aromatic heterocycles. The molecule has 0 radical (unpaired) electrons. The number of likely N-dealkylation sites (tertiary alicyclic amines) is 1. The Kier molecular flexibility index (Phi) is 7.39. The van der Waals surface area contributed by atoms with E-state index in [0.29, 0.717) is 13.2 Å². The Morgan fingerprint density at radius 1 is 1.21 bits per heavy atom. The molecule has 0 saturated carbocycles. The smallest absolute Gasteiger partial charge is 0.123 e. The maximum atomic E-state index is 6.12. The van der Waals surface area contributed by atoms with Crippen molar-refractivity contribution >= 4 is 11.6 Å². The lowest BCUT2D eigenvalue weighted by atomic mass is 9.86. The lowest BCUT2D eigenvalue weighted by molar-refractivity contribution is 0.0685. The first-order valence-electron chi connectivity index (χ1n) is 9.09. The molecule has 0 N–H and O–H groups in total. The van der Waals surface area contributed by atoms with Crippen LogP contribution in [0.2, 0.25) is 5.02 Å². The van der Waals surface area contributed by atoms with Crippen LogP contribution in [0.1, 0.15) is 46.1 Å². The highest BCUT2D eigenvalue weighted by molar-refractivity contribution is 6.30. The summed E-state index contributed by atoms with van der Waals surface area (Å²) in [7, 11) is 0. The van der Waals surface area contributed by atoms with E-state index in [-0.39, 0.29) is 5.41 Å². The largest absolute Gasteiger partial charge is 0.491 e. The highest BCUT2D eigenvalue weighted by Gasteiger charge is 2.19. The van der Waals surface area contributed by atoms with Gasteiger partial charge >= 0.3 is 0 Å². The van der Waals surface area contributed by atoms with Gasteiger partial charge in [-0.05, 0) is 48.9 Å². The van der Waals surface area contributed by atoms with E-state index in [1.54, 1.807) is 0 Å². The molecule has 0 spiro atoms. The van der Waals surface area contributed by atoms with Gasteiger partial charge < -0.3 is 14.4 Å². The van der Waals surface area contributed by atoms with Crippen molar-refractivity contribution in [2.75, 3.05) is 39.5 Å². The fourth-order valence-electron chi connectivity index (χ4n) is 3.21. The predicted molar refractivity (Wildman–Crippen MR) is 101 cm³/mol. The molecule has 1 atom stereocenters. The molecule has 1 aromatic carbocycles. The molecule has 1 aliphatic heterocycles. The van der Waals surface area contributed by atoms with E-state index in [1.807, 2.05) is 18.2 Å². The summed E-state index contributed by atoms with van der Waals surface area (Å²) < 4.78 is 11.7. The van der Waals surface area contributed by atoms with E-state index >= 15 is 0 Å². The van der Waals surface area contributed by atoms with Crippen LogP contribution in [0.3, 0.4) is 0 Å². The first-order valence-corrected chi connectivity index (χ1v) is 9.47. The van der Waals surface area contributed by atoms with Crippen LogP contribution in [-0.2, 0) is 10.2 Å². The summed E-state index contributed by atoms with van der Waals surface area (Å²) in [5, 5.41) is 0.749. The second-order valence-corrected chi connectivity index (χ2v) is 8.34. The van der Waals surface area contributed by atoms with Crippen LogP contribution in [0, 0.1) is 5.92 Å². The van der Waals surface area contributed by atoms with Crippen molar-refractivity contribution in [3.8, 4) is 5.75 Å². The molecule has 1 aliphatic rings. The highest BCUT2D eigenvalue weighted by Crippen LogP contribution is 2.33. The number of piperidine rings is 1. The predicted octanol–water partition coefficient (Wildman–Crippen LogP) is 4.76. The topological polar surface area (TPSA) is 21.7 Å². The number of benzene rings is 1. The Morgan fingerprint density at radius 3 is 2.71 bits per heavy atom. The molecule has 0 amide bonds.